The van der Waals surface area contributed by atoms with Gasteiger partial charge in [0.1, 0.15) is 11.7 Å². The zero-order valence-electron chi connectivity index (χ0n) is 9.18. The fraction of sp³-hybridized carbons (Fsp3) is 0.500. The van der Waals surface area contributed by atoms with Crippen LogP contribution in [-0.2, 0) is 9.53 Å². The number of fused-ring (bicyclic) bond motifs is 3. The number of carbonyl (C=O) groups excluding carboxylic acids is 1. The number of hydrogen-bond donors (Lipinski definition) is 1. The van der Waals surface area contributed by atoms with Crippen LogP contribution in [-0.4, -0.2) is 41.2 Å². The lowest BCUT2D eigenvalue weighted by Crippen LogP contribution is -2.57. The van der Waals surface area contributed by atoms with Crippen LogP contribution in [0.2, 0.25) is 5.28 Å². The summed E-state index contributed by atoms with van der Waals surface area (Å²) in [6.07, 6.45) is 1.59. The van der Waals surface area contributed by atoms with E-state index in [4.69, 9.17) is 16.3 Å². The number of amides is 1. The van der Waals surface area contributed by atoms with E-state index >= 15 is 0 Å². The highest BCUT2D eigenvalue weighted by molar-refractivity contribution is 6.28. The fourth-order valence-electron chi connectivity index (χ4n) is 2.13. The number of anilines is 2. The minimum atomic E-state index is -0.329. The van der Waals surface area contributed by atoms with Crippen LogP contribution < -0.4 is 10.2 Å². The predicted molar refractivity (Wildman–Crippen MR) is 62.2 cm³/mol. The zero-order valence-corrected chi connectivity index (χ0v) is 9.94. The Bertz CT molecular complexity index is 481. The lowest BCUT2D eigenvalue weighted by atomic mass is 10.1. The van der Waals surface area contributed by atoms with E-state index in [-0.39, 0.29) is 23.3 Å². The van der Waals surface area contributed by atoms with Gasteiger partial charge in [0.15, 0.2) is 5.82 Å². The molecule has 2 aliphatic rings. The molecule has 2 atom stereocenters. The van der Waals surface area contributed by atoms with Gasteiger partial charge in [-0.15, -0.1) is 0 Å². The quantitative estimate of drug-likeness (QED) is 0.690. The van der Waals surface area contributed by atoms with E-state index in [1.54, 1.807) is 0 Å². The first-order valence-electron chi connectivity index (χ1n) is 5.37. The number of hydrogen-bond acceptors (Lipinski definition) is 5. The molecule has 1 aromatic heterocycles. The standard InChI is InChI=1S/C10H11ClN4O2/c1-5-3-15-7(4-17-5)9(16)13-6-2-12-10(11)14-8(6)15/h2,5,7H,3-4H2,1H3,(H,13,16). The second-order valence-corrected chi connectivity index (χ2v) is 4.52. The van der Waals surface area contributed by atoms with Gasteiger partial charge in [-0.2, -0.15) is 4.98 Å². The van der Waals surface area contributed by atoms with Crippen molar-refractivity contribution in [3.63, 3.8) is 0 Å². The van der Waals surface area contributed by atoms with Gasteiger partial charge < -0.3 is 15.0 Å². The van der Waals surface area contributed by atoms with Crippen molar-refractivity contribution in [3.8, 4) is 0 Å². The van der Waals surface area contributed by atoms with Crippen LogP contribution in [0.1, 0.15) is 6.92 Å². The summed E-state index contributed by atoms with van der Waals surface area (Å²) in [5.74, 6) is 0.583. The van der Waals surface area contributed by atoms with Crippen molar-refractivity contribution in [2.24, 2.45) is 0 Å². The van der Waals surface area contributed by atoms with Gasteiger partial charge in [0.2, 0.25) is 11.2 Å². The molecule has 0 saturated carbocycles. The number of halogens is 1. The number of nitrogens with one attached hydrogen (secondary N) is 1. The van der Waals surface area contributed by atoms with Gasteiger partial charge in [0, 0.05) is 6.54 Å². The number of ether oxygens (including phenoxy) is 1. The van der Waals surface area contributed by atoms with Gasteiger partial charge >= 0.3 is 0 Å². The third kappa shape index (κ3) is 1.73. The van der Waals surface area contributed by atoms with Crippen molar-refractivity contribution in [1.29, 1.82) is 0 Å². The summed E-state index contributed by atoms with van der Waals surface area (Å²) in [7, 11) is 0. The van der Waals surface area contributed by atoms with Crippen LogP contribution in [0, 0.1) is 0 Å². The maximum Gasteiger partial charge on any atom is 0.249 e. The number of nitrogens with zero attached hydrogens (tertiary/aromatic N) is 3. The first-order chi connectivity index (χ1) is 8.15. The van der Waals surface area contributed by atoms with E-state index in [0.29, 0.717) is 24.7 Å². The summed E-state index contributed by atoms with van der Waals surface area (Å²) in [5, 5.41) is 2.94. The van der Waals surface area contributed by atoms with Crippen molar-refractivity contribution in [2.75, 3.05) is 23.4 Å². The Kier molecular flexibility index (Phi) is 2.41. The third-order valence-electron chi connectivity index (χ3n) is 2.94. The Morgan fingerprint density at radius 3 is 3.29 bits per heavy atom. The topological polar surface area (TPSA) is 67.4 Å². The Balaban J connectivity index is 2.05. The summed E-state index contributed by atoms with van der Waals surface area (Å²) >= 11 is 5.79. The first-order valence-corrected chi connectivity index (χ1v) is 5.74. The Morgan fingerprint density at radius 1 is 1.65 bits per heavy atom. The molecular weight excluding hydrogens is 244 g/mol. The third-order valence-corrected chi connectivity index (χ3v) is 3.12. The smallest absolute Gasteiger partial charge is 0.249 e. The van der Waals surface area contributed by atoms with Gasteiger partial charge in [-0.3, -0.25) is 4.79 Å². The molecule has 2 unspecified atom stereocenters. The van der Waals surface area contributed by atoms with Crippen LogP contribution >= 0.6 is 11.6 Å². The van der Waals surface area contributed by atoms with Crippen LogP contribution in [0.15, 0.2) is 6.20 Å². The zero-order chi connectivity index (χ0) is 12.0. The number of morpholine rings is 1. The van der Waals surface area contributed by atoms with Gasteiger partial charge in [0.25, 0.3) is 0 Å². The largest absolute Gasteiger partial charge is 0.374 e. The minimum Gasteiger partial charge on any atom is -0.374 e. The van der Waals surface area contributed by atoms with E-state index < -0.39 is 0 Å². The van der Waals surface area contributed by atoms with Crippen LogP contribution in [0.5, 0.6) is 0 Å². The number of carbonyl (C=O) groups is 1. The van der Waals surface area contributed by atoms with E-state index in [0.717, 1.165) is 0 Å². The minimum absolute atomic E-state index is 0.0683. The highest BCUT2D eigenvalue weighted by atomic mass is 35.5. The SMILES string of the molecule is CC1CN2c3nc(Cl)ncc3NC(=O)C2CO1. The molecule has 1 saturated heterocycles. The van der Waals surface area contributed by atoms with Crippen LogP contribution in [0.25, 0.3) is 0 Å². The first kappa shape index (κ1) is 10.7. The molecule has 1 aromatic rings. The Labute approximate surface area is 103 Å². The Hall–Kier alpha value is -1.40. The van der Waals surface area contributed by atoms with E-state index in [9.17, 15) is 4.79 Å². The number of aromatic nitrogens is 2. The average molecular weight is 255 g/mol. The second-order valence-electron chi connectivity index (χ2n) is 4.18. The molecule has 3 rings (SSSR count). The summed E-state index contributed by atoms with van der Waals surface area (Å²) in [6.45, 7) is 2.96. The summed E-state index contributed by atoms with van der Waals surface area (Å²) < 4.78 is 5.48. The molecule has 3 heterocycles. The molecule has 17 heavy (non-hydrogen) atoms. The van der Waals surface area contributed by atoms with Gasteiger partial charge in [-0.1, -0.05) is 0 Å². The van der Waals surface area contributed by atoms with E-state index in [1.807, 2.05) is 11.8 Å². The van der Waals surface area contributed by atoms with Crippen molar-refractivity contribution in [3.05, 3.63) is 11.5 Å². The molecule has 2 aliphatic heterocycles. The van der Waals surface area contributed by atoms with E-state index in [1.165, 1.54) is 6.20 Å². The van der Waals surface area contributed by atoms with Crippen molar-refractivity contribution < 1.29 is 9.53 Å². The maximum atomic E-state index is 11.9. The van der Waals surface area contributed by atoms with Gasteiger partial charge in [-0.05, 0) is 18.5 Å². The molecule has 0 aliphatic carbocycles. The maximum absolute atomic E-state index is 11.9. The van der Waals surface area contributed by atoms with Crippen molar-refractivity contribution in [1.82, 2.24) is 9.97 Å². The Morgan fingerprint density at radius 2 is 2.47 bits per heavy atom. The van der Waals surface area contributed by atoms with Crippen LogP contribution in [0.4, 0.5) is 11.5 Å². The molecule has 0 aromatic carbocycles. The monoisotopic (exact) mass is 254 g/mol. The summed E-state index contributed by atoms with van der Waals surface area (Å²) in [6, 6.07) is -0.329. The number of rotatable bonds is 0. The molecule has 6 nitrogen and oxygen atoms in total. The molecule has 0 spiro atoms. The molecule has 0 bridgehead atoms. The van der Waals surface area contributed by atoms with E-state index in [2.05, 4.69) is 15.3 Å². The molecule has 90 valence electrons. The van der Waals surface area contributed by atoms with Crippen molar-refractivity contribution >= 4 is 29.0 Å². The average Bonchev–Trinajstić information content (AvgIpc) is 2.30. The molecular formula is C10H11ClN4O2. The summed E-state index contributed by atoms with van der Waals surface area (Å²) in [5.41, 5.74) is 0.602. The fourth-order valence-corrected chi connectivity index (χ4v) is 2.26. The van der Waals surface area contributed by atoms with Crippen molar-refractivity contribution in [2.45, 2.75) is 19.1 Å². The highest BCUT2D eigenvalue weighted by Gasteiger charge is 2.38. The van der Waals surface area contributed by atoms with Gasteiger partial charge in [-0.25, -0.2) is 4.98 Å². The predicted octanol–water partition coefficient (Wildman–Crippen LogP) is 0.676. The summed E-state index contributed by atoms with van der Waals surface area (Å²) in [4.78, 5) is 21.8. The lowest BCUT2D eigenvalue weighted by Gasteiger charge is -2.41. The van der Waals surface area contributed by atoms with Crippen LogP contribution in [0.3, 0.4) is 0 Å². The molecule has 7 heteroatoms. The molecule has 0 radical (unpaired) electrons. The lowest BCUT2D eigenvalue weighted by molar-refractivity contribution is -0.121. The normalized spacial score (nSPS) is 27.2. The molecule has 1 amide bonds. The molecule has 1 N–H and O–H groups in total. The second kappa shape index (κ2) is 3.82. The molecule has 1 fully saturated rings. The van der Waals surface area contributed by atoms with Gasteiger partial charge in [0.05, 0.1) is 18.9 Å². The highest BCUT2D eigenvalue weighted by Crippen LogP contribution is 2.32.